The molecule has 0 saturated carbocycles. The Balaban J connectivity index is 3.83. The SMILES string of the molecule is CC(N)CN(CCCCCCNC(=O)OC(C)(C)C)CCCCCCNC(=O)OC(C)(C)C. The third-order valence-corrected chi connectivity index (χ3v) is 4.68. The molecule has 0 aromatic rings. The smallest absolute Gasteiger partial charge is 0.407 e. The van der Waals surface area contributed by atoms with Crippen LogP contribution in [0.2, 0.25) is 0 Å². The molecule has 0 saturated heterocycles. The Labute approximate surface area is 202 Å². The topological polar surface area (TPSA) is 106 Å². The van der Waals surface area contributed by atoms with Gasteiger partial charge in [0, 0.05) is 25.7 Å². The van der Waals surface area contributed by atoms with Gasteiger partial charge >= 0.3 is 12.2 Å². The molecule has 1 atom stereocenters. The van der Waals surface area contributed by atoms with Crippen molar-refractivity contribution in [2.24, 2.45) is 5.73 Å². The third kappa shape index (κ3) is 23.4. The molecular weight excluding hydrogens is 420 g/mol. The quantitative estimate of drug-likeness (QED) is 0.279. The summed E-state index contributed by atoms with van der Waals surface area (Å²) in [5.74, 6) is 0. The first-order valence-corrected chi connectivity index (χ1v) is 12.7. The van der Waals surface area contributed by atoms with Crippen molar-refractivity contribution in [3.05, 3.63) is 0 Å². The number of alkyl carbamates (subject to hydrolysis) is 2. The number of nitrogens with one attached hydrogen (secondary N) is 2. The lowest BCUT2D eigenvalue weighted by molar-refractivity contribution is 0.0515. The van der Waals surface area contributed by atoms with E-state index in [9.17, 15) is 9.59 Å². The third-order valence-electron chi connectivity index (χ3n) is 4.68. The van der Waals surface area contributed by atoms with Crippen molar-refractivity contribution in [1.29, 1.82) is 0 Å². The van der Waals surface area contributed by atoms with E-state index < -0.39 is 11.2 Å². The van der Waals surface area contributed by atoms with Crippen LogP contribution in [0.4, 0.5) is 9.59 Å². The molecule has 8 heteroatoms. The molecule has 0 aliphatic carbocycles. The molecule has 0 aliphatic rings. The number of nitrogens with two attached hydrogens (primary N) is 1. The summed E-state index contributed by atoms with van der Waals surface area (Å²) in [5.41, 5.74) is 5.12. The van der Waals surface area contributed by atoms with E-state index >= 15 is 0 Å². The molecule has 1 unspecified atom stereocenters. The van der Waals surface area contributed by atoms with Gasteiger partial charge in [0.05, 0.1) is 0 Å². The molecule has 0 fully saturated rings. The van der Waals surface area contributed by atoms with Crippen molar-refractivity contribution in [3.63, 3.8) is 0 Å². The van der Waals surface area contributed by atoms with E-state index in [0.717, 1.165) is 71.0 Å². The van der Waals surface area contributed by atoms with Crippen molar-refractivity contribution in [1.82, 2.24) is 15.5 Å². The molecule has 4 N–H and O–H groups in total. The van der Waals surface area contributed by atoms with Gasteiger partial charge in [-0.2, -0.15) is 0 Å². The number of hydrogen-bond acceptors (Lipinski definition) is 6. The lowest BCUT2D eigenvalue weighted by Crippen LogP contribution is -2.37. The minimum Gasteiger partial charge on any atom is -0.444 e. The predicted octanol–water partition coefficient (Wildman–Crippen LogP) is 4.81. The second-order valence-electron chi connectivity index (χ2n) is 11.0. The summed E-state index contributed by atoms with van der Waals surface area (Å²) in [4.78, 5) is 25.7. The number of ether oxygens (including phenoxy) is 2. The fraction of sp³-hybridized carbons (Fsp3) is 0.920. The Hall–Kier alpha value is -1.54. The zero-order valence-corrected chi connectivity index (χ0v) is 22.4. The van der Waals surface area contributed by atoms with Crippen molar-refractivity contribution in [2.45, 2.75) is 117 Å². The van der Waals surface area contributed by atoms with Gasteiger partial charge in [-0.3, -0.25) is 0 Å². The van der Waals surface area contributed by atoms with E-state index in [1.807, 2.05) is 41.5 Å². The predicted molar refractivity (Wildman–Crippen MR) is 135 cm³/mol. The molecule has 0 spiro atoms. The number of carbonyl (C=O) groups excluding carboxylic acids is 2. The van der Waals surface area contributed by atoms with E-state index in [-0.39, 0.29) is 18.2 Å². The van der Waals surface area contributed by atoms with Crippen molar-refractivity contribution in [2.75, 3.05) is 32.7 Å². The van der Waals surface area contributed by atoms with Crippen molar-refractivity contribution < 1.29 is 19.1 Å². The highest BCUT2D eigenvalue weighted by Gasteiger charge is 2.16. The summed E-state index contributed by atoms with van der Waals surface area (Å²) >= 11 is 0. The Kier molecular flexibility index (Phi) is 16.2. The molecule has 0 radical (unpaired) electrons. The molecule has 0 heterocycles. The highest BCUT2D eigenvalue weighted by Crippen LogP contribution is 2.09. The van der Waals surface area contributed by atoms with Crippen LogP contribution in [0.1, 0.15) is 99.8 Å². The average molecular weight is 473 g/mol. The van der Waals surface area contributed by atoms with Gasteiger partial charge < -0.3 is 30.7 Å². The molecule has 2 amide bonds. The molecule has 0 aromatic carbocycles. The number of carbonyl (C=O) groups is 2. The van der Waals surface area contributed by atoms with Crippen LogP contribution in [0.5, 0.6) is 0 Å². The van der Waals surface area contributed by atoms with Crippen LogP contribution in [-0.4, -0.2) is 67.1 Å². The first kappa shape index (κ1) is 31.5. The first-order valence-electron chi connectivity index (χ1n) is 12.7. The van der Waals surface area contributed by atoms with E-state index in [1.165, 1.54) is 0 Å². The summed E-state index contributed by atoms with van der Waals surface area (Å²) in [5, 5.41) is 5.62. The number of unbranched alkanes of at least 4 members (excludes halogenated alkanes) is 6. The minimum atomic E-state index is -0.454. The summed E-state index contributed by atoms with van der Waals surface area (Å²) in [7, 11) is 0. The van der Waals surface area contributed by atoms with Gasteiger partial charge in [0.1, 0.15) is 11.2 Å². The van der Waals surface area contributed by atoms with Crippen LogP contribution in [0, 0.1) is 0 Å². The lowest BCUT2D eigenvalue weighted by Gasteiger charge is -2.24. The van der Waals surface area contributed by atoms with E-state index in [2.05, 4.69) is 22.5 Å². The molecule has 8 nitrogen and oxygen atoms in total. The molecule has 33 heavy (non-hydrogen) atoms. The largest absolute Gasteiger partial charge is 0.444 e. The summed E-state index contributed by atoms with van der Waals surface area (Å²) in [6.45, 7) is 17.6. The fourth-order valence-corrected chi connectivity index (χ4v) is 3.34. The second kappa shape index (κ2) is 17.0. The highest BCUT2D eigenvalue weighted by atomic mass is 16.6. The van der Waals surface area contributed by atoms with Gasteiger partial charge in [0.2, 0.25) is 0 Å². The standard InChI is InChI=1S/C25H52N4O4/c1-21(26)20-29(18-14-10-8-12-16-27-22(30)32-24(2,3)4)19-15-11-9-13-17-28-23(31)33-25(5,6)7/h21H,8-20,26H2,1-7H3,(H,27,30)(H,28,31). The Morgan fingerprint density at radius 2 is 1.09 bits per heavy atom. The Bertz CT molecular complexity index is 485. The lowest BCUT2D eigenvalue weighted by atomic mass is 10.1. The van der Waals surface area contributed by atoms with Crippen LogP contribution >= 0.6 is 0 Å². The van der Waals surface area contributed by atoms with Crippen molar-refractivity contribution >= 4 is 12.2 Å². The molecule has 0 bridgehead atoms. The van der Waals surface area contributed by atoms with E-state index in [4.69, 9.17) is 15.2 Å². The average Bonchev–Trinajstić information content (AvgIpc) is 2.62. The van der Waals surface area contributed by atoms with Crippen LogP contribution in [0.3, 0.4) is 0 Å². The van der Waals surface area contributed by atoms with Crippen LogP contribution < -0.4 is 16.4 Å². The normalized spacial score (nSPS) is 13.0. The van der Waals surface area contributed by atoms with Crippen LogP contribution in [-0.2, 0) is 9.47 Å². The van der Waals surface area contributed by atoms with Gasteiger partial charge in [-0.1, -0.05) is 25.7 Å². The maximum atomic E-state index is 11.6. The van der Waals surface area contributed by atoms with Crippen molar-refractivity contribution in [3.8, 4) is 0 Å². The Morgan fingerprint density at radius 3 is 1.42 bits per heavy atom. The van der Waals surface area contributed by atoms with Gasteiger partial charge in [0.25, 0.3) is 0 Å². The van der Waals surface area contributed by atoms with Crippen LogP contribution in [0.25, 0.3) is 0 Å². The molecular formula is C25H52N4O4. The molecule has 0 aromatic heterocycles. The molecule has 196 valence electrons. The highest BCUT2D eigenvalue weighted by molar-refractivity contribution is 5.67. The number of hydrogen-bond donors (Lipinski definition) is 3. The zero-order valence-electron chi connectivity index (χ0n) is 22.4. The maximum Gasteiger partial charge on any atom is 0.407 e. The first-order chi connectivity index (χ1) is 15.3. The van der Waals surface area contributed by atoms with Crippen LogP contribution in [0.15, 0.2) is 0 Å². The van der Waals surface area contributed by atoms with E-state index in [0.29, 0.717) is 13.1 Å². The molecule has 0 aliphatic heterocycles. The van der Waals surface area contributed by atoms with Gasteiger partial charge in [0.15, 0.2) is 0 Å². The Morgan fingerprint density at radius 1 is 0.727 bits per heavy atom. The van der Waals surface area contributed by atoms with Gasteiger partial charge in [-0.05, 0) is 87.2 Å². The van der Waals surface area contributed by atoms with Gasteiger partial charge in [-0.25, -0.2) is 9.59 Å². The molecule has 0 rings (SSSR count). The van der Waals surface area contributed by atoms with Gasteiger partial charge in [-0.15, -0.1) is 0 Å². The fourth-order valence-electron chi connectivity index (χ4n) is 3.34. The summed E-state index contributed by atoms with van der Waals surface area (Å²) in [6.07, 6.45) is 7.98. The maximum absolute atomic E-state index is 11.6. The number of rotatable bonds is 16. The monoisotopic (exact) mass is 472 g/mol. The zero-order chi connectivity index (χ0) is 25.3. The summed E-state index contributed by atoms with van der Waals surface area (Å²) in [6, 6.07) is 0.168. The second-order valence-corrected chi connectivity index (χ2v) is 11.0. The number of amides is 2. The number of nitrogens with zero attached hydrogens (tertiary/aromatic N) is 1. The minimum absolute atomic E-state index is 0.168. The summed E-state index contributed by atoms with van der Waals surface area (Å²) < 4.78 is 10.5. The van der Waals surface area contributed by atoms with E-state index in [1.54, 1.807) is 0 Å².